The van der Waals surface area contributed by atoms with Crippen molar-refractivity contribution in [2.75, 3.05) is 6.54 Å². The van der Waals surface area contributed by atoms with Gasteiger partial charge in [-0.05, 0) is 24.5 Å². The van der Waals surface area contributed by atoms with E-state index in [4.69, 9.17) is 0 Å². The molecule has 0 saturated heterocycles. The van der Waals surface area contributed by atoms with Gasteiger partial charge in [0.05, 0.1) is 10.6 Å². The highest BCUT2D eigenvalue weighted by Gasteiger charge is 2.26. The molecule has 1 N–H and O–H groups in total. The molecule has 0 saturated carbocycles. The van der Waals surface area contributed by atoms with Crippen molar-refractivity contribution in [2.45, 2.75) is 45.6 Å². The van der Waals surface area contributed by atoms with Gasteiger partial charge in [-0.25, -0.2) is 0 Å². The van der Waals surface area contributed by atoms with E-state index >= 15 is 0 Å². The number of rotatable bonds is 5. The molecule has 1 aromatic rings. The smallest absolute Gasteiger partial charge is 0.0857 e. The third kappa shape index (κ3) is 3.12. The number of hydrogen-bond acceptors (Lipinski definition) is 4. The first kappa shape index (κ1) is 13.3. The van der Waals surface area contributed by atoms with Gasteiger partial charge in [-0.15, -0.1) is 11.7 Å². The Morgan fingerprint density at radius 3 is 2.69 bits per heavy atom. The minimum atomic E-state index is 0.0528. The van der Waals surface area contributed by atoms with E-state index in [2.05, 4.69) is 49.2 Å². The molecule has 3 nitrogen and oxygen atoms in total. The second-order valence-corrected chi connectivity index (χ2v) is 5.66. The molecule has 0 radical (unpaired) electrons. The fourth-order valence-corrected chi connectivity index (χ4v) is 2.59. The normalized spacial score (nSPS) is 13.8. The first-order chi connectivity index (χ1) is 7.50. The number of nitrogens with one attached hydrogen (secondary N) is 1. The molecule has 4 heteroatoms. The zero-order valence-electron chi connectivity index (χ0n) is 10.6. The summed E-state index contributed by atoms with van der Waals surface area (Å²) in [6, 6.07) is 0.303. The van der Waals surface area contributed by atoms with Gasteiger partial charge in [0.2, 0.25) is 0 Å². The molecule has 0 aliphatic carbocycles. The Morgan fingerprint density at radius 1 is 1.50 bits per heavy atom. The molecule has 0 spiro atoms. The van der Waals surface area contributed by atoms with Crippen LogP contribution in [-0.2, 0) is 5.41 Å². The lowest BCUT2D eigenvalue weighted by molar-refractivity contribution is 0.519. The van der Waals surface area contributed by atoms with Gasteiger partial charge in [0.15, 0.2) is 0 Å². The van der Waals surface area contributed by atoms with Crippen molar-refractivity contribution in [3.8, 4) is 0 Å². The first-order valence-electron chi connectivity index (χ1n) is 5.67. The van der Waals surface area contributed by atoms with E-state index in [9.17, 15) is 0 Å². The topological polar surface area (TPSA) is 37.8 Å². The Balaban J connectivity index is 3.00. The molecule has 0 aliphatic rings. The van der Waals surface area contributed by atoms with Crippen molar-refractivity contribution in [1.29, 1.82) is 0 Å². The van der Waals surface area contributed by atoms with Gasteiger partial charge in [-0.3, -0.25) is 0 Å². The van der Waals surface area contributed by atoms with Crippen LogP contribution in [0.5, 0.6) is 0 Å². The Labute approximate surface area is 102 Å². The van der Waals surface area contributed by atoms with Crippen molar-refractivity contribution in [2.24, 2.45) is 0 Å². The van der Waals surface area contributed by atoms with Crippen LogP contribution in [0.1, 0.15) is 50.7 Å². The lowest BCUT2D eigenvalue weighted by atomic mass is 9.89. The summed E-state index contributed by atoms with van der Waals surface area (Å²) in [7, 11) is 0. The Kier molecular flexibility index (Phi) is 4.62. The van der Waals surface area contributed by atoms with Gasteiger partial charge >= 0.3 is 0 Å². The zero-order chi connectivity index (χ0) is 12.2. The van der Waals surface area contributed by atoms with Gasteiger partial charge in [0.1, 0.15) is 0 Å². The molecule has 1 heterocycles. The Hall–Kier alpha value is -0.740. The van der Waals surface area contributed by atoms with Crippen LogP contribution in [0.15, 0.2) is 12.7 Å². The maximum Gasteiger partial charge on any atom is 0.0857 e. The van der Waals surface area contributed by atoms with Crippen LogP contribution in [0.2, 0.25) is 0 Å². The molecule has 1 aromatic heterocycles. The molecule has 90 valence electrons. The van der Waals surface area contributed by atoms with Crippen molar-refractivity contribution < 1.29 is 0 Å². The van der Waals surface area contributed by atoms with Crippen molar-refractivity contribution in [3.63, 3.8) is 0 Å². The summed E-state index contributed by atoms with van der Waals surface area (Å²) >= 11 is 1.49. The summed E-state index contributed by atoms with van der Waals surface area (Å²) in [6.07, 6.45) is 2.86. The quantitative estimate of drug-likeness (QED) is 0.802. The maximum atomic E-state index is 4.27. The third-order valence-electron chi connectivity index (χ3n) is 2.39. The second-order valence-electron chi connectivity index (χ2n) is 4.87. The molecule has 0 amide bonds. The van der Waals surface area contributed by atoms with Crippen LogP contribution in [0.3, 0.4) is 0 Å². The minimum Gasteiger partial charge on any atom is -0.309 e. The summed E-state index contributed by atoms with van der Waals surface area (Å²) < 4.78 is 4.09. The Bertz CT molecular complexity index is 338. The molecule has 0 fully saturated rings. The molecule has 1 atom stereocenters. The largest absolute Gasteiger partial charge is 0.309 e. The van der Waals surface area contributed by atoms with Crippen LogP contribution in [0, 0.1) is 0 Å². The van der Waals surface area contributed by atoms with E-state index in [-0.39, 0.29) is 5.41 Å². The average molecular weight is 239 g/mol. The van der Waals surface area contributed by atoms with E-state index in [0.29, 0.717) is 6.04 Å². The summed E-state index contributed by atoms with van der Waals surface area (Å²) in [5.41, 5.74) is 1.15. The van der Waals surface area contributed by atoms with Gasteiger partial charge < -0.3 is 5.32 Å². The highest BCUT2D eigenvalue weighted by atomic mass is 32.1. The highest BCUT2D eigenvalue weighted by molar-refractivity contribution is 7.05. The first-order valence-corrected chi connectivity index (χ1v) is 6.45. The van der Waals surface area contributed by atoms with Gasteiger partial charge in [0, 0.05) is 11.5 Å². The third-order valence-corrected chi connectivity index (χ3v) is 3.23. The van der Waals surface area contributed by atoms with Crippen LogP contribution in [-0.4, -0.2) is 16.1 Å². The van der Waals surface area contributed by atoms with E-state index < -0.39 is 0 Å². The molecule has 0 bridgehead atoms. The van der Waals surface area contributed by atoms with Crippen LogP contribution < -0.4 is 5.32 Å². The molecule has 0 aliphatic heterocycles. The highest BCUT2D eigenvalue weighted by Crippen LogP contribution is 2.31. The lowest BCUT2D eigenvalue weighted by Crippen LogP contribution is -2.23. The van der Waals surface area contributed by atoms with Crippen molar-refractivity contribution in [1.82, 2.24) is 14.9 Å². The SMILES string of the molecule is C=CCC(NCC)c1snnc1C(C)(C)C. The van der Waals surface area contributed by atoms with Gasteiger partial charge in [-0.2, -0.15) is 0 Å². The van der Waals surface area contributed by atoms with Crippen LogP contribution >= 0.6 is 11.5 Å². The fourth-order valence-electron chi connectivity index (χ4n) is 1.64. The van der Waals surface area contributed by atoms with Crippen LogP contribution in [0.4, 0.5) is 0 Å². The van der Waals surface area contributed by atoms with Gasteiger partial charge in [0.25, 0.3) is 0 Å². The molecule has 16 heavy (non-hydrogen) atoms. The monoisotopic (exact) mass is 239 g/mol. The predicted octanol–water partition coefficient (Wildman–Crippen LogP) is 3.06. The van der Waals surface area contributed by atoms with E-state index in [0.717, 1.165) is 18.7 Å². The van der Waals surface area contributed by atoms with E-state index in [1.165, 1.54) is 16.4 Å². The standard InChI is InChI=1S/C12H21N3S/c1-6-8-9(13-7-2)10-11(12(3,4)5)14-15-16-10/h6,9,13H,1,7-8H2,2-5H3. The molecule has 0 aromatic carbocycles. The molecular formula is C12H21N3S. The van der Waals surface area contributed by atoms with E-state index in [1.54, 1.807) is 0 Å². The maximum absolute atomic E-state index is 4.27. The molecule has 1 rings (SSSR count). The second kappa shape index (κ2) is 5.55. The summed E-state index contributed by atoms with van der Waals surface area (Å²) in [4.78, 5) is 1.24. The Morgan fingerprint density at radius 2 is 2.19 bits per heavy atom. The van der Waals surface area contributed by atoms with Crippen LogP contribution in [0.25, 0.3) is 0 Å². The molecular weight excluding hydrogens is 218 g/mol. The number of hydrogen-bond donors (Lipinski definition) is 1. The van der Waals surface area contributed by atoms with E-state index in [1.807, 2.05) is 6.08 Å². The van der Waals surface area contributed by atoms with Crippen molar-refractivity contribution in [3.05, 3.63) is 23.2 Å². The fraction of sp³-hybridized carbons (Fsp3) is 0.667. The summed E-state index contributed by atoms with van der Waals surface area (Å²) in [5, 5.41) is 7.72. The predicted molar refractivity (Wildman–Crippen MR) is 69.8 cm³/mol. The van der Waals surface area contributed by atoms with Crippen molar-refractivity contribution >= 4 is 11.5 Å². The average Bonchev–Trinajstić information content (AvgIpc) is 2.65. The summed E-state index contributed by atoms with van der Waals surface area (Å²) in [5.74, 6) is 0. The zero-order valence-corrected chi connectivity index (χ0v) is 11.4. The lowest BCUT2D eigenvalue weighted by Gasteiger charge is -2.21. The van der Waals surface area contributed by atoms with Gasteiger partial charge in [-0.1, -0.05) is 38.3 Å². The number of nitrogens with zero attached hydrogens (tertiary/aromatic N) is 2. The summed E-state index contributed by atoms with van der Waals surface area (Å²) in [6.45, 7) is 13.4. The minimum absolute atomic E-state index is 0.0528. The number of aromatic nitrogens is 2. The molecule has 1 unspecified atom stereocenters.